The van der Waals surface area contributed by atoms with Crippen LogP contribution in [0, 0.1) is 11.8 Å². The van der Waals surface area contributed by atoms with Crippen LogP contribution in [0.4, 0.5) is 0 Å². The van der Waals surface area contributed by atoms with Crippen LogP contribution in [0.1, 0.15) is 20.8 Å². The Hall–Kier alpha value is -0.530. The number of carbonyl (C=O) groups excluding carboxylic acids is 1. The molecular weight excluding hydrogens is 116 g/mol. The van der Waals surface area contributed by atoms with E-state index in [0.717, 1.165) is 0 Å². The van der Waals surface area contributed by atoms with Gasteiger partial charge in [0.05, 0.1) is 13.0 Å². The Bertz CT molecular complexity index is 97.1. The first-order valence-electron chi connectivity index (χ1n) is 3.17. The molecule has 54 valence electrons. The van der Waals surface area contributed by atoms with Gasteiger partial charge in [0, 0.05) is 0 Å². The van der Waals surface area contributed by atoms with Gasteiger partial charge in [-0.15, -0.1) is 0 Å². The van der Waals surface area contributed by atoms with Crippen molar-refractivity contribution in [3.63, 3.8) is 0 Å². The zero-order valence-corrected chi connectivity index (χ0v) is 6.47. The van der Waals surface area contributed by atoms with E-state index >= 15 is 0 Å². The maximum atomic E-state index is 10.7. The summed E-state index contributed by atoms with van der Waals surface area (Å²) in [7, 11) is 1.42. The Kier molecular flexibility index (Phi) is 3.28. The molecule has 0 saturated heterocycles. The van der Waals surface area contributed by atoms with E-state index in [1.165, 1.54) is 7.11 Å². The average Bonchev–Trinajstić information content (AvgIpc) is 1.84. The number of rotatable bonds is 2. The molecule has 1 unspecified atom stereocenters. The summed E-state index contributed by atoms with van der Waals surface area (Å²) in [6, 6.07) is 0. The van der Waals surface area contributed by atoms with Gasteiger partial charge in [-0.25, -0.2) is 0 Å². The molecule has 0 bridgehead atoms. The van der Waals surface area contributed by atoms with E-state index < -0.39 is 0 Å². The Morgan fingerprint density at radius 3 is 1.89 bits per heavy atom. The Balaban J connectivity index is 3.72. The van der Waals surface area contributed by atoms with Crippen molar-refractivity contribution < 1.29 is 9.53 Å². The number of carbonyl (C=O) groups is 1. The fourth-order valence-electron chi connectivity index (χ4n) is 0.458. The van der Waals surface area contributed by atoms with Gasteiger partial charge in [0.2, 0.25) is 0 Å². The maximum absolute atomic E-state index is 10.7. The zero-order valence-electron chi connectivity index (χ0n) is 6.47. The predicted octanol–water partition coefficient (Wildman–Crippen LogP) is 1.45. The van der Waals surface area contributed by atoms with Crippen LogP contribution in [0.5, 0.6) is 0 Å². The highest BCUT2D eigenvalue weighted by atomic mass is 16.5. The van der Waals surface area contributed by atoms with Crippen molar-refractivity contribution in [2.75, 3.05) is 7.11 Å². The molecule has 0 aromatic carbocycles. The van der Waals surface area contributed by atoms with Crippen LogP contribution in [-0.4, -0.2) is 13.1 Å². The van der Waals surface area contributed by atoms with E-state index in [1.807, 2.05) is 20.8 Å². The topological polar surface area (TPSA) is 26.3 Å². The molecule has 9 heavy (non-hydrogen) atoms. The fourth-order valence-corrected chi connectivity index (χ4v) is 0.458. The van der Waals surface area contributed by atoms with Crippen LogP contribution in [0.15, 0.2) is 0 Å². The van der Waals surface area contributed by atoms with Crippen LogP contribution in [0.25, 0.3) is 0 Å². The average molecular weight is 130 g/mol. The first kappa shape index (κ1) is 8.47. The fraction of sp³-hybridized carbons (Fsp3) is 0.857. The largest absolute Gasteiger partial charge is 0.469 e. The van der Waals surface area contributed by atoms with Crippen molar-refractivity contribution >= 4 is 5.97 Å². The molecule has 0 radical (unpaired) electrons. The summed E-state index contributed by atoms with van der Waals surface area (Å²) in [6.07, 6.45) is 0. The first-order valence-corrected chi connectivity index (χ1v) is 3.17. The van der Waals surface area contributed by atoms with E-state index in [1.54, 1.807) is 0 Å². The van der Waals surface area contributed by atoms with Gasteiger partial charge in [0.1, 0.15) is 0 Å². The molecule has 1 atom stereocenters. The lowest BCUT2D eigenvalue weighted by atomic mass is 9.99. The SMILES string of the molecule is COC(=O)C(C)C(C)C. The number of hydrogen-bond donors (Lipinski definition) is 0. The smallest absolute Gasteiger partial charge is 0.308 e. The molecule has 2 heteroatoms. The van der Waals surface area contributed by atoms with E-state index in [2.05, 4.69) is 4.74 Å². The Morgan fingerprint density at radius 1 is 1.33 bits per heavy atom. The molecule has 0 aromatic heterocycles. The highest BCUT2D eigenvalue weighted by Gasteiger charge is 2.15. The Labute approximate surface area is 56.2 Å². The molecule has 0 fully saturated rings. The number of methoxy groups -OCH3 is 1. The summed E-state index contributed by atoms with van der Waals surface area (Å²) in [5.41, 5.74) is 0. The summed E-state index contributed by atoms with van der Waals surface area (Å²) in [6.45, 7) is 5.87. The molecule has 0 amide bonds. The summed E-state index contributed by atoms with van der Waals surface area (Å²) in [5, 5.41) is 0. The third kappa shape index (κ3) is 2.49. The van der Waals surface area contributed by atoms with Crippen LogP contribution >= 0.6 is 0 Å². The van der Waals surface area contributed by atoms with E-state index in [0.29, 0.717) is 5.92 Å². The molecule has 0 aliphatic carbocycles. The van der Waals surface area contributed by atoms with Crippen molar-refractivity contribution in [1.82, 2.24) is 0 Å². The van der Waals surface area contributed by atoms with Crippen molar-refractivity contribution in [2.45, 2.75) is 20.8 Å². The van der Waals surface area contributed by atoms with E-state index in [4.69, 9.17) is 0 Å². The quantitative estimate of drug-likeness (QED) is 0.529. The predicted molar refractivity (Wildman–Crippen MR) is 36.0 cm³/mol. The molecule has 0 rings (SSSR count). The van der Waals surface area contributed by atoms with Gasteiger partial charge in [-0.1, -0.05) is 20.8 Å². The van der Waals surface area contributed by atoms with E-state index in [9.17, 15) is 4.79 Å². The minimum absolute atomic E-state index is 0.0231. The van der Waals surface area contributed by atoms with Crippen LogP contribution < -0.4 is 0 Å². The lowest BCUT2D eigenvalue weighted by molar-refractivity contribution is -0.146. The second-order valence-electron chi connectivity index (χ2n) is 2.56. The van der Waals surface area contributed by atoms with Crippen molar-refractivity contribution in [3.05, 3.63) is 0 Å². The summed E-state index contributed by atoms with van der Waals surface area (Å²) >= 11 is 0. The van der Waals surface area contributed by atoms with Gasteiger partial charge >= 0.3 is 5.97 Å². The van der Waals surface area contributed by atoms with Crippen LogP contribution in [-0.2, 0) is 9.53 Å². The minimum Gasteiger partial charge on any atom is -0.469 e. The molecule has 0 aliphatic heterocycles. The third-order valence-corrected chi connectivity index (χ3v) is 1.57. The molecule has 0 saturated carbocycles. The van der Waals surface area contributed by atoms with Gasteiger partial charge in [0.15, 0.2) is 0 Å². The Morgan fingerprint density at radius 2 is 1.78 bits per heavy atom. The number of hydrogen-bond acceptors (Lipinski definition) is 2. The molecule has 0 aliphatic rings. The van der Waals surface area contributed by atoms with Crippen molar-refractivity contribution in [3.8, 4) is 0 Å². The zero-order chi connectivity index (χ0) is 7.44. The van der Waals surface area contributed by atoms with Crippen LogP contribution in [0.2, 0.25) is 0 Å². The second kappa shape index (κ2) is 3.49. The molecule has 0 heterocycles. The molecule has 0 N–H and O–H groups in total. The number of ether oxygens (including phenoxy) is 1. The highest BCUT2D eigenvalue weighted by molar-refractivity contribution is 5.71. The van der Waals surface area contributed by atoms with Gasteiger partial charge in [-0.05, 0) is 5.92 Å². The minimum atomic E-state index is -0.120. The summed E-state index contributed by atoms with van der Waals surface area (Å²) < 4.78 is 4.53. The normalized spacial score (nSPS) is 13.4. The summed E-state index contributed by atoms with van der Waals surface area (Å²) in [5.74, 6) is 0.275. The van der Waals surface area contributed by atoms with Crippen molar-refractivity contribution in [1.29, 1.82) is 0 Å². The maximum Gasteiger partial charge on any atom is 0.308 e. The number of esters is 1. The lowest BCUT2D eigenvalue weighted by Gasteiger charge is -2.11. The lowest BCUT2D eigenvalue weighted by Crippen LogP contribution is -2.17. The van der Waals surface area contributed by atoms with E-state index in [-0.39, 0.29) is 11.9 Å². The standard InChI is InChI=1S/C7H14O2/c1-5(2)6(3)7(8)9-4/h5-6H,1-4H3. The second-order valence-corrected chi connectivity index (χ2v) is 2.56. The molecule has 0 aromatic rings. The highest BCUT2D eigenvalue weighted by Crippen LogP contribution is 2.10. The molecule has 2 nitrogen and oxygen atoms in total. The third-order valence-electron chi connectivity index (χ3n) is 1.57. The monoisotopic (exact) mass is 130 g/mol. The van der Waals surface area contributed by atoms with Gasteiger partial charge in [0.25, 0.3) is 0 Å². The van der Waals surface area contributed by atoms with Crippen molar-refractivity contribution in [2.24, 2.45) is 11.8 Å². The summed E-state index contributed by atoms with van der Waals surface area (Å²) in [4.78, 5) is 10.7. The molecular formula is C7H14O2. The van der Waals surface area contributed by atoms with Gasteiger partial charge in [-0.3, -0.25) is 4.79 Å². The van der Waals surface area contributed by atoms with Gasteiger partial charge < -0.3 is 4.74 Å². The molecule has 0 spiro atoms. The van der Waals surface area contributed by atoms with Gasteiger partial charge in [-0.2, -0.15) is 0 Å². The van der Waals surface area contributed by atoms with Crippen LogP contribution in [0.3, 0.4) is 0 Å². The first-order chi connectivity index (χ1) is 4.09.